The standard InChI is InChI=1S/C14H20N4OS/c1-3-9-4-6-10(7-5-9)18-12-11(17-14(18)20)13(19-2)16-8-15-12/h8-10H,3-7H2,1-2H3,(H,17,20). The fourth-order valence-corrected chi connectivity index (χ4v) is 3.56. The number of methoxy groups -OCH3 is 1. The van der Waals surface area contributed by atoms with Crippen molar-refractivity contribution < 1.29 is 4.74 Å². The lowest BCUT2D eigenvalue weighted by molar-refractivity contribution is 0.271. The molecule has 0 spiro atoms. The Morgan fingerprint density at radius 3 is 2.75 bits per heavy atom. The van der Waals surface area contributed by atoms with E-state index < -0.39 is 0 Å². The molecule has 0 saturated heterocycles. The van der Waals surface area contributed by atoms with Crippen LogP contribution in [0.4, 0.5) is 0 Å². The van der Waals surface area contributed by atoms with Crippen molar-refractivity contribution >= 4 is 23.4 Å². The topological polar surface area (TPSA) is 55.7 Å². The molecular formula is C14H20N4OS. The van der Waals surface area contributed by atoms with Gasteiger partial charge in [-0.3, -0.25) is 4.57 Å². The molecule has 0 aliphatic heterocycles. The molecule has 0 bridgehead atoms. The van der Waals surface area contributed by atoms with Gasteiger partial charge >= 0.3 is 0 Å². The van der Waals surface area contributed by atoms with Gasteiger partial charge < -0.3 is 9.72 Å². The van der Waals surface area contributed by atoms with E-state index in [4.69, 9.17) is 17.0 Å². The normalized spacial score (nSPS) is 23.1. The molecule has 0 aromatic carbocycles. The van der Waals surface area contributed by atoms with Crippen LogP contribution in [0.2, 0.25) is 0 Å². The van der Waals surface area contributed by atoms with Crippen molar-refractivity contribution in [2.24, 2.45) is 5.92 Å². The van der Waals surface area contributed by atoms with Gasteiger partial charge in [-0.2, -0.15) is 4.98 Å². The number of nitrogens with zero attached hydrogens (tertiary/aromatic N) is 3. The summed E-state index contributed by atoms with van der Waals surface area (Å²) in [6.07, 6.45) is 7.72. The van der Waals surface area contributed by atoms with E-state index in [2.05, 4.69) is 26.4 Å². The molecular weight excluding hydrogens is 272 g/mol. The van der Waals surface area contributed by atoms with E-state index >= 15 is 0 Å². The quantitative estimate of drug-likeness (QED) is 0.878. The molecule has 0 radical (unpaired) electrons. The van der Waals surface area contributed by atoms with Crippen molar-refractivity contribution in [3.05, 3.63) is 11.1 Å². The maximum absolute atomic E-state index is 5.48. The molecule has 3 rings (SSSR count). The molecule has 6 heteroatoms. The Morgan fingerprint density at radius 2 is 2.10 bits per heavy atom. The van der Waals surface area contributed by atoms with Gasteiger partial charge in [0.15, 0.2) is 10.4 Å². The number of aromatic amines is 1. The van der Waals surface area contributed by atoms with Gasteiger partial charge in [-0.15, -0.1) is 0 Å². The number of H-pyrrole nitrogens is 1. The van der Waals surface area contributed by atoms with Gasteiger partial charge in [0.25, 0.3) is 0 Å². The number of ether oxygens (including phenoxy) is 1. The zero-order chi connectivity index (χ0) is 14.1. The van der Waals surface area contributed by atoms with E-state index in [9.17, 15) is 0 Å². The lowest BCUT2D eigenvalue weighted by atomic mass is 9.84. The van der Waals surface area contributed by atoms with Gasteiger partial charge in [0, 0.05) is 6.04 Å². The summed E-state index contributed by atoms with van der Waals surface area (Å²) in [6.45, 7) is 2.28. The number of hydrogen-bond acceptors (Lipinski definition) is 4. The van der Waals surface area contributed by atoms with E-state index in [0.717, 1.165) is 21.9 Å². The second-order valence-corrected chi connectivity index (χ2v) is 5.85. The first-order valence-electron chi connectivity index (χ1n) is 7.23. The van der Waals surface area contributed by atoms with Crippen molar-refractivity contribution in [1.29, 1.82) is 0 Å². The van der Waals surface area contributed by atoms with Crippen molar-refractivity contribution in [3.8, 4) is 5.88 Å². The van der Waals surface area contributed by atoms with Crippen LogP contribution in [0.3, 0.4) is 0 Å². The minimum absolute atomic E-state index is 0.443. The minimum Gasteiger partial charge on any atom is -0.479 e. The van der Waals surface area contributed by atoms with Crippen LogP contribution in [0.1, 0.15) is 45.1 Å². The largest absolute Gasteiger partial charge is 0.479 e. The van der Waals surface area contributed by atoms with Gasteiger partial charge in [0.2, 0.25) is 5.88 Å². The third kappa shape index (κ3) is 2.22. The summed E-state index contributed by atoms with van der Waals surface area (Å²) in [7, 11) is 1.61. The Labute approximate surface area is 123 Å². The molecule has 108 valence electrons. The first-order chi connectivity index (χ1) is 9.74. The summed E-state index contributed by atoms with van der Waals surface area (Å²) in [5.41, 5.74) is 1.67. The molecule has 0 unspecified atom stereocenters. The molecule has 1 saturated carbocycles. The molecule has 1 N–H and O–H groups in total. The van der Waals surface area contributed by atoms with Crippen LogP contribution in [-0.4, -0.2) is 26.6 Å². The zero-order valence-electron chi connectivity index (χ0n) is 11.9. The van der Waals surface area contributed by atoms with Crippen molar-refractivity contribution in [2.75, 3.05) is 7.11 Å². The van der Waals surface area contributed by atoms with Crippen LogP contribution in [0.5, 0.6) is 5.88 Å². The highest BCUT2D eigenvalue weighted by atomic mass is 32.1. The van der Waals surface area contributed by atoms with E-state index in [1.165, 1.54) is 38.4 Å². The van der Waals surface area contributed by atoms with Gasteiger partial charge in [0.05, 0.1) is 7.11 Å². The SMILES string of the molecule is CCC1CCC(n2c(=S)[nH]c3c(OC)ncnc32)CC1. The third-order valence-corrected chi connectivity index (χ3v) is 4.72. The molecule has 1 fully saturated rings. The summed E-state index contributed by atoms with van der Waals surface area (Å²) in [5.74, 6) is 1.43. The van der Waals surface area contributed by atoms with Crippen molar-refractivity contribution in [2.45, 2.75) is 45.1 Å². The molecule has 1 aliphatic rings. The zero-order valence-corrected chi connectivity index (χ0v) is 12.7. The first kappa shape index (κ1) is 13.5. The van der Waals surface area contributed by atoms with Crippen LogP contribution in [0.15, 0.2) is 6.33 Å². The molecule has 1 aliphatic carbocycles. The Balaban J connectivity index is 2.00. The second kappa shape index (κ2) is 5.52. The molecule has 0 amide bonds. The number of rotatable bonds is 3. The summed E-state index contributed by atoms with van der Waals surface area (Å²) < 4.78 is 8.15. The van der Waals surface area contributed by atoms with Crippen LogP contribution < -0.4 is 4.74 Å². The smallest absolute Gasteiger partial charge is 0.242 e. The lowest BCUT2D eigenvalue weighted by Crippen LogP contribution is -2.18. The number of fused-ring (bicyclic) bond motifs is 1. The molecule has 20 heavy (non-hydrogen) atoms. The average molecular weight is 292 g/mol. The highest BCUT2D eigenvalue weighted by Crippen LogP contribution is 2.36. The summed E-state index contributed by atoms with van der Waals surface area (Å²) in [5, 5.41) is 0. The van der Waals surface area contributed by atoms with Gasteiger partial charge in [-0.05, 0) is 43.8 Å². The summed E-state index contributed by atoms with van der Waals surface area (Å²) >= 11 is 5.48. The van der Waals surface area contributed by atoms with E-state index in [-0.39, 0.29) is 0 Å². The van der Waals surface area contributed by atoms with E-state index in [1.807, 2.05) is 0 Å². The van der Waals surface area contributed by atoms with Crippen LogP contribution in [0, 0.1) is 10.7 Å². The number of aromatic nitrogens is 4. The van der Waals surface area contributed by atoms with E-state index in [0.29, 0.717) is 11.9 Å². The number of hydrogen-bond donors (Lipinski definition) is 1. The molecule has 2 aromatic rings. The van der Waals surface area contributed by atoms with E-state index in [1.54, 1.807) is 7.11 Å². The minimum atomic E-state index is 0.443. The van der Waals surface area contributed by atoms with Gasteiger partial charge in [-0.1, -0.05) is 13.3 Å². The molecule has 5 nitrogen and oxygen atoms in total. The van der Waals surface area contributed by atoms with Crippen LogP contribution >= 0.6 is 12.2 Å². The summed E-state index contributed by atoms with van der Waals surface area (Å²) in [6, 6.07) is 0.443. The van der Waals surface area contributed by atoms with Crippen molar-refractivity contribution in [1.82, 2.24) is 19.5 Å². The molecule has 2 heterocycles. The second-order valence-electron chi connectivity index (χ2n) is 5.46. The number of nitrogens with one attached hydrogen (secondary N) is 1. The maximum Gasteiger partial charge on any atom is 0.242 e. The fourth-order valence-electron chi connectivity index (χ4n) is 3.22. The highest BCUT2D eigenvalue weighted by Gasteiger charge is 2.24. The first-order valence-corrected chi connectivity index (χ1v) is 7.64. The predicted molar refractivity (Wildman–Crippen MR) is 80.6 cm³/mol. The van der Waals surface area contributed by atoms with Crippen LogP contribution in [-0.2, 0) is 0 Å². The average Bonchev–Trinajstić information content (AvgIpc) is 2.83. The number of imidazole rings is 1. The predicted octanol–water partition coefficient (Wildman–Crippen LogP) is 3.64. The Bertz CT molecular complexity index is 655. The lowest BCUT2D eigenvalue weighted by Gasteiger charge is -2.28. The highest BCUT2D eigenvalue weighted by molar-refractivity contribution is 7.71. The Kier molecular flexibility index (Phi) is 3.74. The Hall–Kier alpha value is -1.43. The van der Waals surface area contributed by atoms with Gasteiger partial charge in [0.1, 0.15) is 11.8 Å². The molecule has 2 aromatic heterocycles. The van der Waals surface area contributed by atoms with Gasteiger partial charge in [-0.25, -0.2) is 4.98 Å². The summed E-state index contributed by atoms with van der Waals surface area (Å²) in [4.78, 5) is 11.7. The fraction of sp³-hybridized carbons (Fsp3) is 0.643. The molecule has 0 atom stereocenters. The third-order valence-electron chi connectivity index (χ3n) is 4.42. The van der Waals surface area contributed by atoms with Crippen molar-refractivity contribution in [3.63, 3.8) is 0 Å². The Morgan fingerprint density at radius 1 is 1.35 bits per heavy atom. The van der Waals surface area contributed by atoms with Crippen LogP contribution in [0.25, 0.3) is 11.2 Å². The monoisotopic (exact) mass is 292 g/mol. The maximum atomic E-state index is 5.48.